The molecule has 1 aromatic carbocycles. The van der Waals surface area contributed by atoms with Crippen LogP contribution in [0.5, 0.6) is 0 Å². The highest BCUT2D eigenvalue weighted by molar-refractivity contribution is 6.31. The van der Waals surface area contributed by atoms with Crippen LogP contribution in [0.3, 0.4) is 0 Å². The second-order valence-corrected chi connectivity index (χ2v) is 5.54. The number of tetrazole rings is 1. The number of halogens is 1. The Hall–Kier alpha value is -3.00. The molecular weight excluding hydrogens is 346 g/mol. The lowest BCUT2D eigenvalue weighted by Gasteiger charge is -2.11. The molecule has 0 spiro atoms. The van der Waals surface area contributed by atoms with Crippen LogP contribution in [0.15, 0.2) is 47.7 Å². The van der Waals surface area contributed by atoms with Crippen LogP contribution in [0.2, 0.25) is 5.02 Å². The number of hydrogen-bond donors (Lipinski definition) is 0. The summed E-state index contributed by atoms with van der Waals surface area (Å²) in [6, 6.07) is 8.35. The third kappa shape index (κ3) is 3.74. The second kappa shape index (κ2) is 7.27. The Morgan fingerprint density at radius 3 is 2.80 bits per heavy atom. The van der Waals surface area contributed by atoms with Crippen LogP contribution in [0.4, 0.5) is 0 Å². The molecule has 128 valence electrons. The number of hydrogen-bond acceptors (Lipinski definition) is 6. The quantitative estimate of drug-likeness (QED) is 0.644. The molecule has 8 nitrogen and oxygen atoms in total. The van der Waals surface area contributed by atoms with Gasteiger partial charge in [0.25, 0.3) is 5.56 Å². The van der Waals surface area contributed by atoms with Crippen LogP contribution < -0.4 is 5.56 Å². The fourth-order valence-corrected chi connectivity index (χ4v) is 2.53. The monoisotopic (exact) mass is 359 g/mol. The van der Waals surface area contributed by atoms with Gasteiger partial charge in [-0.15, -0.1) is 5.10 Å². The van der Waals surface area contributed by atoms with Crippen LogP contribution in [-0.2, 0) is 16.1 Å². The Balaban J connectivity index is 2.00. The number of carbonyl (C=O) groups is 1. The SMILES string of the molecule is CCOC(=O)Cn1ccc(-c2cc(Cl)ccc2-n2cnnn2)cc1=O. The van der Waals surface area contributed by atoms with Gasteiger partial charge in [0.05, 0.1) is 12.3 Å². The molecule has 9 heteroatoms. The molecule has 0 N–H and O–H groups in total. The molecule has 2 aromatic heterocycles. The van der Waals surface area contributed by atoms with Gasteiger partial charge in [-0.1, -0.05) is 11.6 Å². The third-order valence-corrected chi connectivity index (χ3v) is 3.70. The molecule has 0 atom stereocenters. The maximum Gasteiger partial charge on any atom is 0.326 e. The molecule has 0 aliphatic carbocycles. The zero-order valence-corrected chi connectivity index (χ0v) is 14.1. The molecule has 2 heterocycles. The number of carbonyl (C=O) groups excluding carboxylic acids is 1. The molecule has 3 rings (SSSR count). The number of aromatic nitrogens is 5. The first kappa shape index (κ1) is 16.8. The average Bonchev–Trinajstić information content (AvgIpc) is 3.11. The summed E-state index contributed by atoms with van der Waals surface area (Å²) >= 11 is 6.10. The number of esters is 1. The van der Waals surface area contributed by atoms with Crippen molar-refractivity contribution in [1.29, 1.82) is 0 Å². The minimum absolute atomic E-state index is 0.137. The second-order valence-electron chi connectivity index (χ2n) is 5.10. The number of rotatable bonds is 5. The Morgan fingerprint density at radius 1 is 1.28 bits per heavy atom. The van der Waals surface area contributed by atoms with Gasteiger partial charge in [-0.05, 0) is 47.2 Å². The minimum Gasteiger partial charge on any atom is -0.465 e. The van der Waals surface area contributed by atoms with Crippen molar-refractivity contribution in [2.45, 2.75) is 13.5 Å². The average molecular weight is 360 g/mol. The molecule has 0 unspecified atom stereocenters. The first-order chi connectivity index (χ1) is 12.1. The molecule has 0 aliphatic heterocycles. The molecule has 0 radical (unpaired) electrons. The zero-order chi connectivity index (χ0) is 17.8. The van der Waals surface area contributed by atoms with Crippen molar-refractivity contribution in [3.05, 3.63) is 58.2 Å². The highest BCUT2D eigenvalue weighted by atomic mass is 35.5. The Kier molecular flexibility index (Phi) is 4.90. The molecular formula is C16H14ClN5O3. The highest BCUT2D eigenvalue weighted by Gasteiger charge is 2.12. The van der Waals surface area contributed by atoms with E-state index in [1.807, 2.05) is 0 Å². The van der Waals surface area contributed by atoms with Crippen molar-refractivity contribution >= 4 is 17.6 Å². The lowest BCUT2D eigenvalue weighted by atomic mass is 10.0. The summed E-state index contributed by atoms with van der Waals surface area (Å²) in [5, 5.41) is 11.6. The van der Waals surface area contributed by atoms with Gasteiger partial charge in [0.2, 0.25) is 0 Å². The van der Waals surface area contributed by atoms with Crippen LogP contribution in [0.1, 0.15) is 6.92 Å². The number of nitrogens with zero attached hydrogens (tertiary/aromatic N) is 5. The van der Waals surface area contributed by atoms with E-state index in [0.717, 1.165) is 0 Å². The summed E-state index contributed by atoms with van der Waals surface area (Å²) < 4.78 is 7.62. The third-order valence-electron chi connectivity index (χ3n) is 3.47. The normalized spacial score (nSPS) is 10.6. The van der Waals surface area contributed by atoms with E-state index in [0.29, 0.717) is 21.8 Å². The largest absolute Gasteiger partial charge is 0.465 e. The van der Waals surface area contributed by atoms with E-state index < -0.39 is 5.97 Å². The standard InChI is InChI=1S/C16H14ClN5O3/c1-2-25-16(24)9-21-6-5-11(7-15(21)23)13-8-12(17)3-4-14(13)22-10-18-19-20-22/h3-8,10H,2,9H2,1H3. The van der Waals surface area contributed by atoms with Gasteiger partial charge in [0.15, 0.2) is 0 Å². The predicted octanol–water partition coefficient (Wildman–Crippen LogP) is 1.71. The van der Waals surface area contributed by atoms with E-state index in [2.05, 4.69) is 15.5 Å². The van der Waals surface area contributed by atoms with Crippen molar-refractivity contribution in [3.63, 3.8) is 0 Å². The van der Waals surface area contributed by atoms with Crippen molar-refractivity contribution in [2.75, 3.05) is 6.61 Å². The first-order valence-electron chi connectivity index (χ1n) is 7.48. The highest BCUT2D eigenvalue weighted by Crippen LogP contribution is 2.28. The van der Waals surface area contributed by atoms with E-state index in [1.54, 1.807) is 37.4 Å². The molecule has 0 saturated heterocycles. The molecule has 25 heavy (non-hydrogen) atoms. The van der Waals surface area contributed by atoms with Gasteiger partial charge in [-0.2, -0.15) is 4.68 Å². The van der Waals surface area contributed by atoms with Gasteiger partial charge >= 0.3 is 5.97 Å². The lowest BCUT2D eigenvalue weighted by molar-refractivity contribution is -0.143. The number of benzene rings is 1. The molecule has 0 saturated carbocycles. The van der Waals surface area contributed by atoms with E-state index >= 15 is 0 Å². The maximum absolute atomic E-state index is 12.3. The van der Waals surface area contributed by atoms with Crippen LogP contribution in [0.25, 0.3) is 16.8 Å². The Bertz CT molecular complexity index is 953. The molecule has 0 aliphatic rings. The maximum atomic E-state index is 12.3. The molecule has 3 aromatic rings. The molecule has 0 bridgehead atoms. The Labute approximate surface area is 147 Å². The predicted molar refractivity (Wildman–Crippen MR) is 90.5 cm³/mol. The van der Waals surface area contributed by atoms with E-state index in [4.69, 9.17) is 16.3 Å². The van der Waals surface area contributed by atoms with Gasteiger partial charge in [0.1, 0.15) is 12.9 Å². The van der Waals surface area contributed by atoms with Gasteiger partial charge < -0.3 is 9.30 Å². The van der Waals surface area contributed by atoms with Crippen molar-refractivity contribution in [3.8, 4) is 16.8 Å². The molecule has 0 amide bonds. The number of pyridine rings is 1. The summed E-state index contributed by atoms with van der Waals surface area (Å²) in [6.45, 7) is 1.84. The summed E-state index contributed by atoms with van der Waals surface area (Å²) in [5.74, 6) is -0.463. The minimum atomic E-state index is -0.463. The van der Waals surface area contributed by atoms with E-state index in [-0.39, 0.29) is 18.7 Å². The van der Waals surface area contributed by atoms with Crippen LogP contribution in [0, 0.1) is 0 Å². The van der Waals surface area contributed by atoms with E-state index in [1.165, 1.54) is 21.6 Å². The number of ether oxygens (including phenoxy) is 1. The lowest BCUT2D eigenvalue weighted by Crippen LogP contribution is -2.24. The first-order valence-corrected chi connectivity index (χ1v) is 7.85. The fourth-order valence-electron chi connectivity index (χ4n) is 2.36. The van der Waals surface area contributed by atoms with Crippen LogP contribution in [-0.4, -0.2) is 37.4 Å². The van der Waals surface area contributed by atoms with Gasteiger partial charge in [-0.25, -0.2) is 0 Å². The van der Waals surface area contributed by atoms with Crippen LogP contribution >= 0.6 is 11.6 Å². The summed E-state index contributed by atoms with van der Waals surface area (Å²) in [4.78, 5) is 23.9. The summed E-state index contributed by atoms with van der Waals surface area (Å²) in [5.41, 5.74) is 1.68. The zero-order valence-electron chi connectivity index (χ0n) is 13.3. The fraction of sp³-hybridized carbons (Fsp3) is 0.188. The summed E-state index contributed by atoms with van der Waals surface area (Å²) in [6.07, 6.45) is 2.99. The molecule has 0 fully saturated rings. The van der Waals surface area contributed by atoms with Crippen molar-refractivity contribution in [1.82, 2.24) is 24.8 Å². The Morgan fingerprint density at radius 2 is 2.12 bits per heavy atom. The van der Waals surface area contributed by atoms with Gasteiger partial charge in [-0.3, -0.25) is 9.59 Å². The van der Waals surface area contributed by atoms with Gasteiger partial charge in [0, 0.05) is 22.8 Å². The smallest absolute Gasteiger partial charge is 0.326 e. The topological polar surface area (TPSA) is 91.9 Å². The summed E-state index contributed by atoms with van der Waals surface area (Å²) in [7, 11) is 0. The van der Waals surface area contributed by atoms with E-state index in [9.17, 15) is 9.59 Å². The van der Waals surface area contributed by atoms with Crippen molar-refractivity contribution in [2.24, 2.45) is 0 Å². The van der Waals surface area contributed by atoms with Crippen molar-refractivity contribution < 1.29 is 9.53 Å².